The van der Waals surface area contributed by atoms with Gasteiger partial charge in [0.15, 0.2) is 0 Å². The summed E-state index contributed by atoms with van der Waals surface area (Å²) in [6, 6.07) is 6.38. The van der Waals surface area contributed by atoms with Gasteiger partial charge in [0.1, 0.15) is 0 Å². The van der Waals surface area contributed by atoms with Gasteiger partial charge in [-0.05, 0) is 25.5 Å². The largest absolute Gasteiger partial charge is 0.379 e. The molecule has 3 rings (SSSR count). The molecule has 0 saturated carbocycles. The van der Waals surface area contributed by atoms with Crippen LogP contribution in [0.2, 0.25) is 0 Å². The highest BCUT2D eigenvalue weighted by molar-refractivity contribution is 6.20. The zero-order chi connectivity index (χ0) is 17.1. The first-order chi connectivity index (χ1) is 11.6. The lowest BCUT2D eigenvalue weighted by atomic mass is 9.94. The van der Waals surface area contributed by atoms with Crippen molar-refractivity contribution in [2.24, 2.45) is 5.92 Å². The SMILES string of the molecule is CCOC1COCCC1CC(=O)ON1C(=O)c2ccccc2C1=O. The van der Waals surface area contributed by atoms with Crippen molar-refractivity contribution in [2.45, 2.75) is 25.9 Å². The molecule has 0 aliphatic carbocycles. The van der Waals surface area contributed by atoms with E-state index in [-0.39, 0.29) is 29.6 Å². The van der Waals surface area contributed by atoms with E-state index in [0.717, 1.165) is 0 Å². The van der Waals surface area contributed by atoms with Crippen molar-refractivity contribution < 1.29 is 28.7 Å². The van der Waals surface area contributed by atoms with Gasteiger partial charge in [0.25, 0.3) is 11.8 Å². The van der Waals surface area contributed by atoms with E-state index in [1.807, 2.05) is 6.92 Å². The molecule has 0 spiro atoms. The molecule has 0 radical (unpaired) electrons. The van der Waals surface area contributed by atoms with Crippen LogP contribution in [0.4, 0.5) is 0 Å². The summed E-state index contributed by atoms with van der Waals surface area (Å²) in [6.45, 7) is 3.38. The Balaban J connectivity index is 1.63. The first-order valence-corrected chi connectivity index (χ1v) is 7.99. The lowest BCUT2D eigenvalue weighted by Crippen LogP contribution is -2.38. The predicted molar refractivity (Wildman–Crippen MR) is 82.0 cm³/mol. The van der Waals surface area contributed by atoms with Gasteiger partial charge in [0.2, 0.25) is 0 Å². The third kappa shape index (κ3) is 3.18. The maximum absolute atomic E-state index is 12.2. The van der Waals surface area contributed by atoms with Gasteiger partial charge in [-0.25, -0.2) is 4.79 Å². The van der Waals surface area contributed by atoms with Crippen LogP contribution in [0.1, 0.15) is 40.5 Å². The Hall–Kier alpha value is -2.25. The Labute approximate surface area is 139 Å². The van der Waals surface area contributed by atoms with Gasteiger partial charge in [0, 0.05) is 19.1 Å². The minimum atomic E-state index is -0.624. The molecule has 2 amide bonds. The second kappa shape index (κ2) is 7.11. The monoisotopic (exact) mass is 333 g/mol. The van der Waals surface area contributed by atoms with Crippen molar-refractivity contribution in [3.8, 4) is 0 Å². The summed E-state index contributed by atoms with van der Waals surface area (Å²) in [5.41, 5.74) is 0.488. The Morgan fingerprint density at radius 3 is 2.54 bits per heavy atom. The first-order valence-electron chi connectivity index (χ1n) is 7.99. The lowest BCUT2D eigenvalue weighted by Gasteiger charge is -2.30. The number of amides is 2. The summed E-state index contributed by atoms with van der Waals surface area (Å²) >= 11 is 0. The number of carbonyl (C=O) groups excluding carboxylic acids is 3. The number of benzene rings is 1. The van der Waals surface area contributed by atoms with Gasteiger partial charge in [-0.15, -0.1) is 0 Å². The van der Waals surface area contributed by atoms with Crippen LogP contribution in [0, 0.1) is 5.92 Å². The second-order valence-electron chi connectivity index (χ2n) is 5.74. The van der Waals surface area contributed by atoms with Gasteiger partial charge in [-0.3, -0.25) is 9.59 Å². The fraction of sp³-hybridized carbons (Fsp3) is 0.471. The average molecular weight is 333 g/mol. The minimum absolute atomic E-state index is 0.0543. The van der Waals surface area contributed by atoms with E-state index in [2.05, 4.69) is 0 Å². The van der Waals surface area contributed by atoms with Crippen molar-refractivity contribution in [2.75, 3.05) is 19.8 Å². The number of fused-ring (bicyclic) bond motifs is 1. The minimum Gasteiger partial charge on any atom is -0.379 e. The Morgan fingerprint density at radius 2 is 1.92 bits per heavy atom. The van der Waals surface area contributed by atoms with E-state index in [0.29, 0.717) is 31.3 Å². The van der Waals surface area contributed by atoms with Crippen LogP contribution in [0.15, 0.2) is 24.3 Å². The zero-order valence-corrected chi connectivity index (χ0v) is 13.4. The Morgan fingerprint density at radius 1 is 1.25 bits per heavy atom. The van der Waals surface area contributed by atoms with E-state index < -0.39 is 17.8 Å². The van der Waals surface area contributed by atoms with Crippen molar-refractivity contribution >= 4 is 17.8 Å². The second-order valence-corrected chi connectivity index (χ2v) is 5.74. The number of hydroxylamine groups is 2. The molecule has 0 bridgehead atoms. The molecule has 0 N–H and O–H groups in total. The van der Waals surface area contributed by atoms with Crippen LogP contribution >= 0.6 is 0 Å². The number of hydrogen-bond donors (Lipinski definition) is 0. The number of ether oxygens (including phenoxy) is 2. The molecule has 7 nitrogen and oxygen atoms in total. The summed E-state index contributed by atoms with van der Waals surface area (Å²) in [5, 5.41) is 0.544. The number of imide groups is 1. The number of rotatable bonds is 5. The molecule has 1 saturated heterocycles. The van der Waals surface area contributed by atoms with Gasteiger partial charge in [-0.2, -0.15) is 0 Å². The summed E-state index contributed by atoms with van der Waals surface area (Å²) in [5.74, 6) is -1.91. The zero-order valence-electron chi connectivity index (χ0n) is 13.4. The van der Waals surface area contributed by atoms with Crippen molar-refractivity contribution in [1.29, 1.82) is 0 Å². The molecule has 128 valence electrons. The molecule has 1 aromatic rings. The molecule has 1 fully saturated rings. The third-order valence-electron chi connectivity index (χ3n) is 4.20. The Kier molecular flexibility index (Phi) is 4.92. The molecular formula is C17H19NO6. The molecule has 2 heterocycles. The maximum Gasteiger partial charge on any atom is 0.333 e. The quantitative estimate of drug-likeness (QED) is 0.761. The molecular weight excluding hydrogens is 314 g/mol. The molecule has 2 atom stereocenters. The van der Waals surface area contributed by atoms with Crippen molar-refractivity contribution in [3.05, 3.63) is 35.4 Å². The maximum atomic E-state index is 12.2. The first kappa shape index (κ1) is 16.6. The lowest BCUT2D eigenvalue weighted by molar-refractivity contribution is -0.173. The van der Waals surface area contributed by atoms with Gasteiger partial charge in [-0.1, -0.05) is 17.2 Å². The smallest absolute Gasteiger partial charge is 0.333 e. The van der Waals surface area contributed by atoms with Gasteiger partial charge in [0.05, 0.1) is 30.3 Å². The van der Waals surface area contributed by atoms with Crippen LogP contribution in [0.5, 0.6) is 0 Å². The number of nitrogens with zero attached hydrogens (tertiary/aromatic N) is 1. The van der Waals surface area contributed by atoms with E-state index in [4.69, 9.17) is 14.3 Å². The van der Waals surface area contributed by atoms with Crippen molar-refractivity contribution in [1.82, 2.24) is 5.06 Å². The van der Waals surface area contributed by atoms with Gasteiger partial charge >= 0.3 is 5.97 Å². The molecule has 2 aliphatic heterocycles. The van der Waals surface area contributed by atoms with E-state index in [9.17, 15) is 14.4 Å². The molecule has 7 heteroatoms. The standard InChI is InChI=1S/C17H19NO6/c1-2-23-14-10-22-8-7-11(14)9-15(19)24-18-16(20)12-5-3-4-6-13(12)17(18)21/h3-6,11,14H,2,7-10H2,1H3. The molecule has 2 aliphatic rings. The molecule has 0 aromatic heterocycles. The van der Waals surface area contributed by atoms with E-state index >= 15 is 0 Å². The van der Waals surface area contributed by atoms with E-state index in [1.165, 1.54) is 12.1 Å². The van der Waals surface area contributed by atoms with Crippen molar-refractivity contribution in [3.63, 3.8) is 0 Å². The van der Waals surface area contributed by atoms with Crippen LogP contribution in [-0.4, -0.2) is 48.8 Å². The molecule has 1 aromatic carbocycles. The highest BCUT2D eigenvalue weighted by Crippen LogP contribution is 2.25. The number of carbonyl (C=O) groups is 3. The fourth-order valence-corrected chi connectivity index (χ4v) is 2.99. The third-order valence-corrected chi connectivity index (χ3v) is 4.20. The summed E-state index contributed by atoms with van der Waals surface area (Å²) in [6.07, 6.45) is 0.557. The fourth-order valence-electron chi connectivity index (χ4n) is 2.99. The summed E-state index contributed by atoms with van der Waals surface area (Å²) < 4.78 is 10.9. The highest BCUT2D eigenvalue weighted by atomic mass is 16.7. The Bertz CT molecular complexity index is 621. The molecule has 24 heavy (non-hydrogen) atoms. The van der Waals surface area contributed by atoms with Crippen LogP contribution < -0.4 is 0 Å². The number of hydrogen-bond acceptors (Lipinski definition) is 6. The van der Waals surface area contributed by atoms with Crippen LogP contribution in [0.25, 0.3) is 0 Å². The average Bonchev–Trinajstić information content (AvgIpc) is 2.82. The normalized spacial score (nSPS) is 23.3. The summed E-state index contributed by atoms with van der Waals surface area (Å²) in [4.78, 5) is 41.6. The van der Waals surface area contributed by atoms with Crippen LogP contribution in [0.3, 0.4) is 0 Å². The van der Waals surface area contributed by atoms with Gasteiger partial charge < -0.3 is 14.3 Å². The predicted octanol–water partition coefficient (Wildman–Crippen LogP) is 1.57. The van der Waals surface area contributed by atoms with Crippen LogP contribution in [-0.2, 0) is 19.1 Å². The highest BCUT2D eigenvalue weighted by Gasteiger charge is 2.39. The summed E-state index contributed by atoms with van der Waals surface area (Å²) in [7, 11) is 0. The topological polar surface area (TPSA) is 82.1 Å². The molecule has 2 unspecified atom stereocenters. The van der Waals surface area contributed by atoms with E-state index in [1.54, 1.807) is 12.1 Å².